The molecule has 0 radical (unpaired) electrons. The number of aromatic nitrogens is 1. The van der Waals surface area contributed by atoms with Crippen molar-refractivity contribution in [3.8, 4) is 0 Å². The number of rotatable bonds is 2. The first-order valence-corrected chi connectivity index (χ1v) is 4.70. The van der Waals surface area contributed by atoms with Crippen LogP contribution in [0.15, 0.2) is 18.3 Å². The molecular weight excluding hydrogens is 202 g/mol. The second-order valence-corrected chi connectivity index (χ2v) is 3.81. The van der Waals surface area contributed by atoms with E-state index < -0.39 is 5.54 Å². The molecule has 1 saturated carbocycles. The van der Waals surface area contributed by atoms with Gasteiger partial charge in [-0.15, -0.1) is 0 Å². The molecule has 1 amide bonds. The number of carbonyl (C=O) groups is 1. The summed E-state index contributed by atoms with van der Waals surface area (Å²) in [6.07, 6.45) is 3.03. The van der Waals surface area contributed by atoms with Gasteiger partial charge in [-0.1, -0.05) is 11.6 Å². The minimum absolute atomic E-state index is 0.188. The normalized spacial score (nSPS) is 17.6. The number of pyridine rings is 1. The van der Waals surface area contributed by atoms with E-state index in [1.807, 2.05) is 0 Å². The molecular formula is C9H10ClN3O. The Kier molecular flexibility index (Phi) is 2.17. The highest BCUT2D eigenvalue weighted by Gasteiger charge is 2.46. The summed E-state index contributed by atoms with van der Waals surface area (Å²) in [7, 11) is 0. The minimum atomic E-state index is -0.681. The predicted octanol–water partition coefficient (Wildman–Crippen LogP) is 1.16. The van der Waals surface area contributed by atoms with Crippen molar-refractivity contribution in [3.63, 3.8) is 0 Å². The highest BCUT2D eigenvalue weighted by molar-refractivity contribution is 6.32. The molecule has 0 saturated heterocycles. The number of anilines is 1. The van der Waals surface area contributed by atoms with Crippen LogP contribution in [0.5, 0.6) is 0 Å². The number of nitrogens with two attached hydrogens (primary N) is 1. The maximum absolute atomic E-state index is 11.5. The summed E-state index contributed by atoms with van der Waals surface area (Å²) in [6.45, 7) is 0. The van der Waals surface area contributed by atoms with Gasteiger partial charge in [-0.25, -0.2) is 4.98 Å². The van der Waals surface area contributed by atoms with Crippen LogP contribution in [-0.4, -0.2) is 16.4 Å². The zero-order valence-electron chi connectivity index (χ0n) is 7.46. The standard InChI is InChI=1S/C9H10ClN3O/c10-7-6(2-1-5-12-7)13-8(14)9(11)3-4-9/h1-2,5H,3-4,11H2,(H,13,14). The van der Waals surface area contributed by atoms with Crippen molar-refractivity contribution in [3.05, 3.63) is 23.5 Å². The fourth-order valence-electron chi connectivity index (χ4n) is 1.09. The van der Waals surface area contributed by atoms with Crippen LogP contribution in [0.25, 0.3) is 0 Å². The average Bonchev–Trinajstić information content (AvgIpc) is 2.89. The molecule has 74 valence electrons. The fraction of sp³-hybridized carbons (Fsp3) is 0.333. The molecule has 2 rings (SSSR count). The van der Waals surface area contributed by atoms with E-state index >= 15 is 0 Å². The molecule has 1 aromatic heterocycles. The number of hydrogen-bond donors (Lipinski definition) is 2. The zero-order chi connectivity index (χ0) is 10.2. The second kappa shape index (κ2) is 3.22. The Morgan fingerprint density at radius 1 is 1.64 bits per heavy atom. The quantitative estimate of drug-likeness (QED) is 0.722. The first-order chi connectivity index (χ1) is 6.62. The molecule has 1 aromatic rings. The third-order valence-corrected chi connectivity index (χ3v) is 2.55. The van der Waals surface area contributed by atoms with E-state index in [1.54, 1.807) is 18.3 Å². The van der Waals surface area contributed by atoms with Crippen LogP contribution < -0.4 is 11.1 Å². The van der Waals surface area contributed by atoms with Gasteiger partial charge in [0.15, 0.2) is 5.15 Å². The summed E-state index contributed by atoms with van der Waals surface area (Å²) in [4.78, 5) is 15.4. The van der Waals surface area contributed by atoms with Crippen molar-refractivity contribution in [1.29, 1.82) is 0 Å². The zero-order valence-corrected chi connectivity index (χ0v) is 8.21. The Morgan fingerprint density at radius 2 is 2.36 bits per heavy atom. The first-order valence-electron chi connectivity index (χ1n) is 4.33. The van der Waals surface area contributed by atoms with E-state index in [-0.39, 0.29) is 11.1 Å². The molecule has 4 nitrogen and oxygen atoms in total. The van der Waals surface area contributed by atoms with Crippen LogP contribution in [-0.2, 0) is 4.79 Å². The summed E-state index contributed by atoms with van der Waals surface area (Å²) >= 11 is 5.77. The lowest BCUT2D eigenvalue weighted by molar-refractivity contribution is -0.118. The van der Waals surface area contributed by atoms with Gasteiger partial charge >= 0.3 is 0 Å². The van der Waals surface area contributed by atoms with Gasteiger partial charge in [0.25, 0.3) is 0 Å². The van der Waals surface area contributed by atoms with Gasteiger partial charge in [0.1, 0.15) is 0 Å². The highest BCUT2D eigenvalue weighted by Crippen LogP contribution is 2.33. The van der Waals surface area contributed by atoms with Crippen LogP contribution in [0.1, 0.15) is 12.8 Å². The lowest BCUT2D eigenvalue weighted by Gasteiger charge is -2.10. The van der Waals surface area contributed by atoms with Gasteiger partial charge in [0, 0.05) is 6.20 Å². The van der Waals surface area contributed by atoms with E-state index in [1.165, 1.54) is 0 Å². The van der Waals surface area contributed by atoms with Gasteiger partial charge in [0.2, 0.25) is 5.91 Å². The molecule has 14 heavy (non-hydrogen) atoms. The molecule has 0 unspecified atom stereocenters. The summed E-state index contributed by atoms with van der Waals surface area (Å²) in [5, 5.41) is 2.94. The van der Waals surface area contributed by atoms with Crippen molar-refractivity contribution in [2.75, 3.05) is 5.32 Å². The number of amides is 1. The Bertz CT molecular complexity index is 376. The molecule has 5 heteroatoms. The van der Waals surface area contributed by atoms with Crippen LogP contribution in [0, 0.1) is 0 Å². The summed E-state index contributed by atoms with van der Waals surface area (Å²) in [6, 6.07) is 3.40. The van der Waals surface area contributed by atoms with E-state index in [2.05, 4.69) is 10.3 Å². The van der Waals surface area contributed by atoms with E-state index in [0.29, 0.717) is 5.69 Å². The summed E-state index contributed by atoms with van der Waals surface area (Å²) in [5.41, 5.74) is 5.54. The molecule has 1 fully saturated rings. The van der Waals surface area contributed by atoms with Gasteiger partial charge in [-0.3, -0.25) is 4.79 Å². The Morgan fingerprint density at radius 3 is 2.93 bits per heavy atom. The second-order valence-electron chi connectivity index (χ2n) is 3.45. The van der Waals surface area contributed by atoms with Gasteiger partial charge in [-0.05, 0) is 25.0 Å². The number of nitrogens with one attached hydrogen (secondary N) is 1. The van der Waals surface area contributed by atoms with Crippen molar-refractivity contribution >= 4 is 23.2 Å². The molecule has 0 aliphatic heterocycles. The average molecular weight is 212 g/mol. The van der Waals surface area contributed by atoms with Crippen molar-refractivity contribution < 1.29 is 4.79 Å². The molecule has 3 N–H and O–H groups in total. The van der Waals surface area contributed by atoms with Crippen molar-refractivity contribution in [2.45, 2.75) is 18.4 Å². The maximum atomic E-state index is 11.5. The largest absolute Gasteiger partial charge is 0.322 e. The summed E-state index contributed by atoms with van der Waals surface area (Å²) in [5.74, 6) is -0.188. The molecule has 0 aromatic carbocycles. The third kappa shape index (κ3) is 1.71. The molecule has 0 bridgehead atoms. The topological polar surface area (TPSA) is 68.0 Å². The molecule has 1 aliphatic rings. The number of nitrogens with zero attached hydrogens (tertiary/aromatic N) is 1. The number of hydrogen-bond acceptors (Lipinski definition) is 3. The van der Waals surface area contributed by atoms with Gasteiger partial charge in [-0.2, -0.15) is 0 Å². The molecule has 0 spiro atoms. The monoisotopic (exact) mass is 211 g/mol. The van der Waals surface area contributed by atoms with Crippen LogP contribution in [0.3, 0.4) is 0 Å². The van der Waals surface area contributed by atoms with E-state index in [9.17, 15) is 4.79 Å². The van der Waals surface area contributed by atoms with E-state index in [0.717, 1.165) is 12.8 Å². The van der Waals surface area contributed by atoms with Crippen LogP contribution in [0.2, 0.25) is 5.15 Å². The highest BCUT2D eigenvalue weighted by atomic mass is 35.5. The Labute approximate surface area is 86.5 Å². The van der Waals surface area contributed by atoms with Crippen LogP contribution >= 0.6 is 11.6 Å². The fourth-order valence-corrected chi connectivity index (χ4v) is 1.25. The summed E-state index contributed by atoms with van der Waals surface area (Å²) < 4.78 is 0. The first kappa shape index (κ1) is 9.43. The van der Waals surface area contributed by atoms with Crippen molar-refractivity contribution in [1.82, 2.24) is 4.98 Å². The van der Waals surface area contributed by atoms with Crippen LogP contribution in [0.4, 0.5) is 5.69 Å². The maximum Gasteiger partial charge on any atom is 0.244 e. The molecule has 1 heterocycles. The Hall–Kier alpha value is -1.13. The van der Waals surface area contributed by atoms with Crippen molar-refractivity contribution in [2.24, 2.45) is 5.73 Å². The lowest BCUT2D eigenvalue weighted by Crippen LogP contribution is -2.37. The van der Waals surface area contributed by atoms with Gasteiger partial charge < -0.3 is 11.1 Å². The van der Waals surface area contributed by atoms with Gasteiger partial charge in [0.05, 0.1) is 11.2 Å². The third-order valence-electron chi connectivity index (χ3n) is 2.25. The number of carbonyl (C=O) groups excluding carboxylic acids is 1. The minimum Gasteiger partial charge on any atom is -0.322 e. The van der Waals surface area contributed by atoms with E-state index in [4.69, 9.17) is 17.3 Å². The number of halogens is 1. The molecule has 1 aliphatic carbocycles. The Balaban J connectivity index is 2.11. The smallest absolute Gasteiger partial charge is 0.244 e. The molecule has 0 atom stereocenters. The lowest BCUT2D eigenvalue weighted by atomic mass is 10.2. The predicted molar refractivity (Wildman–Crippen MR) is 54.0 cm³/mol. The SMILES string of the molecule is NC1(C(=O)Nc2cccnc2Cl)CC1.